The van der Waals surface area contributed by atoms with Crippen LogP contribution in [0, 0.1) is 0 Å². The highest BCUT2D eigenvalue weighted by molar-refractivity contribution is 5.59. The van der Waals surface area contributed by atoms with Crippen molar-refractivity contribution in [2.75, 3.05) is 69.4 Å². The van der Waals surface area contributed by atoms with Gasteiger partial charge < -0.3 is 24.6 Å². The van der Waals surface area contributed by atoms with Crippen LogP contribution in [-0.4, -0.2) is 90.1 Å². The molecule has 0 aliphatic carbocycles. The van der Waals surface area contributed by atoms with Crippen molar-refractivity contribution in [3.63, 3.8) is 0 Å². The van der Waals surface area contributed by atoms with Crippen LogP contribution < -0.4 is 14.7 Å². The smallest absolute Gasteiger partial charge is 0.234 e. The molecule has 242 valence electrons. The number of ether oxygens (including phenoxy) is 3. The van der Waals surface area contributed by atoms with Crippen molar-refractivity contribution in [3.8, 4) is 22.8 Å². The summed E-state index contributed by atoms with van der Waals surface area (Å²) in [6.07, 6.45) is 1.83. The fourth-order valence-electron chi connectivity index (χ4n) is 4.72. The minimum atomic E-state index is 0. The molecule has 0 aliphatic heterocycles. The van der Waals surface area contributed by atoms with Crippen LogP contribution in [0.25, 0.3) is 22.8 Å². The number of rotatable bonds is 17. The zero-order valence-corrected chi connectivity index (χ0v) is 27.1. The van der Waals surface area contributed by atoms with Crippen LogP contribution in [0.3, 0.4) is 0 Å². The third-order valence-corrected chi connectivity index (χ3v) is 7.09. The second-order valence-electron chi connectivity index (χ2n) is 10.2. The van der Waals surface area contributed by atoms with E-state index in [0.29, 0.717) is 42.8 Å². The molecule has 0 saturated heterocycles. The summed E-state index contributed by atoms with van der Waals surface area (Å²) in [6, 6.07) is 19.8. The molecule has 2 aromatic carbocycles. The van der Waals surface area contributed by atoms with Crippen molar-refractivity contribution >= 4 is 17.8 Å². The predicted octanol–water partition coefficient (Wildman–Crippen LogP) is 4.38. The molecule has 13 heteroatoms. The lowest BCUT2D eigenvalue weighted by Crippen LogP contribution is -2.42. The van der Waals surface area contributed by atoms with Crippen LogP contribution in [0.1, 0.15) is 45.4 Å². The van der Waals surface area contributed by atoms with E-state index in [1.807, 2.05) is 82.3 Å². The van der Waals surface area contributed by atoms with E-state index in [9.17, 15) is 0 Å². The first-order valence-corrected chi connectivity index (χ1v) is 14.9. The van der Waals surface area contributed by atoms with Gasteiger partial charge in [-0.15, -0.1) is 0 Å². The molecule has 0 fully saturated rings. The Hall–Kier alpha value is -4.30. The number of hydrogen-bond acceptors (Lipinski definition) is 12. The highest BCUT2D eigenvalue weighted by Gasteiger charge is 2.23. The molecule has 0 saturated carbocycles. The highest BCUT2D eigenvalue weighted by Crippen LogP contribution is 2.26. The van der Waals surface area contributed by atoms with Crippen LogP contribution >= 0.6 is 0 Å². The summed E-state index contributed by atoms with van der Waals surface area (Å²) in [4.78, 5) is 35.0. The number of aromatic nitrogens is 6. The molecule has 45 heavy (non-hydrogen) atoms. The van der Waals surface area contributed by atoms with Gasteiger partial charge >= 0.3 is 0 Å². The fourth-order valence-corrected chi connectivity index (χ4v) is 4.72. The zero-order valence-electron chi connectivity index (χ0n) is 27.1. The van der Waals surface area contributed by atoms with Gasteiger partial charge in [0.2, 0.25) is 17.8 Å². The van der Waals surface area contributed by atoms with Crippen LogP contribution in [0.15, 0.2) is 60.7 Å². The first-order valence-electron chi connectivity index (χ1n) is 14.9. The molecule has 0 atom stereocenters. The predicted molar refractivity (Wildman–Crippen MR) is 176 cm³/mol. The Morgan fingerprint density at radius 3 is 1.42 bits per heavy atom. The maximum Gasteiger partial charge on any atom is 0.234 e. The lowest BCUT2D eigenvalue weighted by Gasteiger charge is -2.31. The quantitative estimate of drug-likeness (QED) is 0.155. The van der Waals surface area contributed by atoms with Gasteiger partial charge in [0.25, 0.3) is 0 Å². The molecule has 4 aromatic rings. The molecule has 0 aliphatic rings. The largest absolute Gasteiger partial charge is 0.412 e. The Morgan fingerprint density at radius 2 is 0.978 bits per heavy atom. The summed E-state index contributed by atoms with van der Waals surface area (Å²) in [5.74, 6) is 3.54. The Balaban J connectivity index is 0.00000552. The molecule has 4 rings (SSSR count). The van der Waals surface area contributed by atoms with Gasteiger partial charge in [-0.1, -0.05) is 74.5 Å². The minimum Gasteiger partial charge on any atom is -0.412 e. The van der Waals surface area contributed by atoms with Gasteiger partial charge in [-0.25, -0.2) is 4.98 Å². The molecule has 2 N–H and O–H groups in total. The fraction of sp³-hybridized carbons (Fsp3) is 0.438. The van der Waals surface area contributed by atoms with E-state index < -0.39 is 0 Å². The van der Waals surface area contributed by atoms with Gasteiger partial charge in [0.15, 0.2) is 11.6 Å². The molecular formula is C32H45N9O4. The summed E-state index contributed by atoms with van der Waals surface area (Å²) in [5.41, 5.74) is 1.79. The monoisotopic (exact) mass is 619 g/mol. The standard InChI is InChI=1S/C32H43N9O3.H2O/c1-7-24(8-2)27-33-28(25-16-12-10-13-17-25)35-30(34-27)40(22-43-5)20-41(23-44-6)32-37-29(26-18-14-11-15-19-26)36-31(38-32)39(9-3)21-42-4;/h10-19,24H,7-9,20-23H2,1-6H3;1H2. The Labute approximate surface area is 265 Å². The zero-order chi connectivity index (χ0) is 31.3. The third kappa shape index (κ3) is 9.11. The summed E-state index contributed by atoms with van der Waals surface area (Å²) in [5, 5.41) is 0. The number of hydrogen-bond donors (Lipinski definition) is 0. The van der Waals surface area contributed by atoms with Gasteiger partial charge in [-0.2, -0.15) is 24.9 Å². The maximum atomic E-state index is 5.66. The van der Waals surface area contributed by atoms with Crippen LogP contribution in [0.5, 0.6) is 0 Å². The van der Waals surface area contributed by atoms with E-state index in [2.05, 4.69) is 13.8 Å². The minimum absolute atomic E-state index is 0. The average Bonchev–Trinajstić information content (AvgIpc) is 3.07. The van der Waals surface area contributed by atoms with E-state index in [4.69, 9.17) is 44.1 Å². The normalized spacial score (nSPS) is 10.9. The highest BCUT2D eigenvalue weighted by atomic mass is 16.5. The molecule has 0 amide bonds. The average molecular weight is 620 g/mol. The molecule has 0 unspecified atom stereocenters. The van der Waals surface area contributed by atoms with E-state index in [1.54, 1.807) is 21.3 Å². The van der Waals surface area contributed by atoms with Crippen molar-refractivity contribution in [1.29, 1.82) is 0 Å². The van der Waals surface area contributed by atoms with Crippen molar-refractivity contribution < 1.29 is 19.7 Å². The van der Waals surface area contributed by atoms with E-state index in [-0.39, 0.29) is 31.5 Å². The first-order chi connectivity index (χ1) is 21.5. The lowest BCUT2D eigenvalue weighted by atomic mass is 10.0. The van der Waals surface area contributed by atoms with Crippen molar-refractivity contribution in [2.45, 2.75) is 39.5 Å². The van der Waals surface area contributed by atoms with Gasteiger partial charge in [0.1, 0.15) is 32.7 Å². The number of nitrogens with zero attached hydrogens (tertiary/aromatic N) is 9. The summed E-state index contributed by atoms with van der Waals surface area (Å²) >= 11 is 0. The van der Waals surface area contributed by atoms with Crippen LogP contribution in [0.4, 0.5) is 17.8 Å². The van der Waals surface area contributed by atoms with Gasteiger partial charge in [0.05, 0.1) is 0 Å². The molecule has 0 radical (unpaired) electrons. The summed E-state index contributed by atoms with van der Waals surface area (Å²) in [6.45, 7) is 8.01. The Bertz CT molecular complexity index is 1430. The molecule has 2 heterocycles. The lowest BCUT2D eigenvalue weighted by molar-refractivity contribution is 0.178. The van der Waals surface area contributed by atoms with Gasteiger partial charge in [0, 0.05) is 44.9 Å². The van der Waals surface area contributed by atoms with Gasteiger partial charge in [-0.05, 0) is 19.8 Å². The first kappa shape index (κ1) is 35.2. The van der Waals surface area contributed by atoms with E-state index >= 15 is 0 Å². The van der Waals surface area contributed by atoms with E-state index in [1.165, 1.54) is 0 Å². The van der Waals surface area contributed by atoms with Crippen LogP contribution in [0.2, 0.25) is 0 Å². The molecular weight excluding hydrogens is 574 g/mol. The van der Waals surface area contributed by atoms with Crippen LogP contribution in [-0.2, 0) is 14.2 Å². The second-order valence-corrected chi connectivity index (χ2v) is 10.2. The Morgan fingerprint density at radius 1 is 0.556 bits per heavy atom. The summed E-state index contributed by atoms with van der Waals surface area (Å²) in [7, 11) is 4.93. The van der Waals surface area contributed by atoms with Crippen molar-refractivity contribution in [3.05, 3.63) is 66.5 Å². The topological polar surface area (TPSA) is 146 Å². The number of anilines is 3. The van der Waals surface area contributed by atoms with Gasteiger partial charge in [-0.3, -0.25) is 9.80 Å². The maximum absolute atomic E-state index is 5.66. The summed E-state index contributed by atoms with van der Waals surface area (Å²) < 4.78 is 16.7. The van der Waals surface area contributed by atoms with Crippen molar-refractivity contribution in [2.24, 2.45) is 0 Å². The number of benzene rings is 2. The molecule has 13 nitrogen and oxygen atoms in total. The third-order valence-electron chi connectivity index (χ3n) is 7.09. The Kier molecular flexibility index (Phi) is 14.0. The van der Waals surface area contributed by atoms with Crippen molar-refractivity contribution in [1.82, 2.24) is 29.9 Å². The SMILES string of the molecule is CCC(CC)c1nc(-c2ccccc2)nc(N(COC)CN(COC)c2nc(-c3ccccc3)nc(N(CC)COC)n2)n1.O. The second kappa shape index (κ2) is 17.9. The molecule has 0 spiro atoms. The molecule has 2 aromatic heterocycles. The molecule has 0 bridgehead atoms. The number of methoxy groups -OCH3 is 3. The van der Waals surface area contributed by atoms with E-state index in [0.717, 1.165) is 29.8 Å².